The molecule has 0 spiro atoms. The number of ketones is 1. The van der Waals surface area contributed by atoms with Gasteiger partial charge in [-0.25, -0.2) is 4.79 Å². The molecule has 0 aliphatic carbocycles. The molecule has 2 aromatic carbocycles. The molecule has 4 N–H and O–H groups in total. The number of nitrogens with zero attached hydrogens (tertiary/aromatic N) is 1. The van der Waals surface area contributed by atoms with E-state index in [1.807, 2.05) is 13.0 Å². The Morgan fingerprint density at radius 2 is 1.84 bits per heavy atom. The summed E-state index contributed by atoms with van der Waals surface area (Å²) in [7, 11) is 1.46. The Balaban J connectivity index is 1.51. The molecule has 5 rings (SSSR count). The molecular weight excluding hydrogens is 590 g/mol. The number of amides is 2. The van der Waals surface area contributed by atoms with E-state index in [1.165, 1.54) is 13.2 Å². The van der Waals surface area contributed by atoms with Crippen molar-refractivity contribution < 1.29 is 53.1 Å². The maximum atomic E-state index is 13.9. The van der Waals surface area contributed by atoms with Crippen LogP contribution < -0.4 is 15.4 Å². The van der Waals surface area contributed by atoms with Crippen molar-refractivity contribution in [2.45, 2.75) is 57.6 Å². The van der Waals surface area contributed by atoms with E-state index in [1.54, 1.807) is 30.0 Å². The van der Waals surface area contributed by atoms with Crippen LogP contribution in [0.1, 0.15) is 36.7 Å². The Morgan fingerprint density at radius 3 is 2.44 bits per heavy atom. The first-order chi connectivity index (χ1) is 21.3. The van der Waals surface area contributed by atoms with Crippen LogP contribution in [0.4, 0.5) is 0 Å². The lowest BCUT2D eigenvalue weighted by Gasteiger charge is -2.25. The fourth-order valence-electron chi connectivity index (χ4n) is 5.35. The topological polar surface area (TPSA) is 193 Å². The summed E-state index contributed by atoms with van der Waals surface area (Å²) in [6, 6.07) is 8.16. The Labute approximate surface area is 257 Å². The third kappa shape index (κ3) is 6.06. The van der Waals surface area contributed by atoms with Crippen LogP contribution in [0, 0.1) is 6.92 Å². The van der Waals surface area contributed by atoms with Crippen LogP contribution in [0.5, 0.6) is 5.75 Å². The fourth-order valence-corrected chi connectivity index (χ4v) is 5.35. The number of aryl methyl sites for hydroxylation is 1. The minimum Gasteiger partial charge on any atom is -0.513 e. The molecule has 3 aliphatic rings. The van der Waals surface area contributed by atoms with Gasteiger partial charge in [0.25, 0.3) is 11.8 Å². The van der Waals surface area contributed by atoms with Gasteiger partial charge in [0.15, 0.2) is 11.9 Å². The number of hydrogen-bond donors (Lipinski definition) is 4. The summed E-state index contributed by atoms with van der Waals surface area (Å²) in [6.45, 7) is 5.99. The summed E-state index contributed by atoms with van der Waals surface area (Å²) >= 11 is 0. The molecule has 3 aliphatic heterocycles. The normalized spacial score (nSPS) is 25.1. The standard InChI is InChI=1S/C31H33N3O11/c1-14-7-6-8-18-19(14)9-17(42-5)10-20(18)30(41)45-27(31(4)13-43-31)29(40)33-23(28(39)32-21(12-35)15(2)36)24-26(44-16(3)37)25(38)22-11-34(22)24/h6-10,12,22,25-27,35,38H,11,13H2,1-5H3,(H,32,39)(H,33,40)/t22-,25+,26+,27+,31-,34?/m0/s1. The average molecular weight is 624 g/mol. The third-order valence-corrected chi connectivity index (χ3v) is 7.98. The fraction of sp³-hybridized carbons (Fsp3) is 0.387. The van der Waals surface area contributed by atoms with Crippen LogP contribution >= 0.6 is 0 Å². The lowest BCUT2D eigenvalue weighted by atomic mass is 9.99. The number of rotatable bonds is 10. The number of ether oxygens (including phenoxy) is 4. The first kappa shape index (κ1) is 31.5. The van der Waals surface area contributed by atoms with Gasteiger partial charge in [-0.2, -0.15) is 0 Å². The van der Waals surface area contributed by atoms with Crippen molar-refractivity contribution in [3.63, 3.8) is 0 Å². The summed E-state index contributed by atoms with van der Waals surface area (Å²) < 4.78 is 21.9. The molecule has 0 unspecified atom stereocenters. The van der Waals surface area contributed by atoms with Gasteiger partial charge in [-0.05, 0) is 42.3 Å². The van der Waals surface area contributed by atoms with E-state index in [0.29, 0.717) is 17.4 Å². The molecule has 3 fully saturated rings. The molecule has 0 bridgehead atoms. The van der Waals surface area contributed by atoms with Crippen molar-refractivity contribution in [2.24, 2.45) is 0 Å². The molecule has 45 heavy (non-hydrogen) atoms. The lowest BCUT2D eigenvalue weighted by Crippen LogP contribution is -2.49. The van der Waals surface area contributed by atoms with Gasteiger partial charge in [-0.1, -0.05) is 18.2 Å². The minimum absolute atomic E-state index is 0.0319. The quantitative estimate of drug-likeness (QED) is 0.127. The number of aliphatic hydroxyl groups is 2. The maximum Gasteiger partial charge on any atom is 0.339 e. The number of methoxy groups -OCH3 is 1. The van der Waals surface area contributed by atoms with Crippen molar-refractivity contribution in [3.05, 3.63) is 64.8 Å². The van der Waals surface area contributed by atoms with E-state index in [-0.39, 0.29) is 24.4 Å². The first-order valence-electron chi connectivity index (χ1n) is 14.1. The Hall–Kier alpha value is -4.95. The highest BCUT2D eigenvalue weighted by atomic mass is 16.6. The van der Waals surface area contributed by atoms with E-state index in [0.717, 1.165) is 24.8 Å². The van der Waals surface area contributed by atoms with E-state index >= 15 is 0 Å². The summed E-state index contributed by atoms with van der Waals surface area (Å²) in [5.41, 5.74) is -1.25. The van der Waals surface area contributed by atoms with Crippen molar-refractivity contribution >= 4 is 40.3 Å². The van der Waals surface area contributed by atoms with Gasteiger partial charge >= 0.3 is 11.9 Å². The minimum atomic E-state index is -1.58. The van der Waals surface area contributed by atoms with E-state index < -0.39 is 70.9 Å². The molecule has 14 heteroatoms. The molecule has 5 atom stereocenters. The van der Waals surface area contributed by atoms with E-state index in [9.17, 15) is 34.2 Å². The second-order valence-corrected chi connectivity index (χ2v) is 11.3. The highest BCUT2D eigenvalue weighted by Crippen LogP contribution is 2.42. The zero-order valence-electron chi connectivity index (χ0n) is 25.2. The van der Waals surface area contributed by atoms with Crippen LogP contribution in [-0.2, 0) is 33.4 Å². The number of allylic oxidation sites excluding steroid dienone is 1. The smallest absolute Gasteiger partial charge is 0.339 e. The summed E-state index contributed by atoms with van der Waals surface area (Å²) in [5.74, 6) is -3.95. The maximum absolute atomic E-state index is 13.9. The number of Topliss-reactive ketones (excluding diaryl/α,β-unsaturated/α-hetero) is 1. The van der Waals surface area contributed by atoms with Gasteiger partial charge in [0, 0.05) is 20.4 Å². The monoisotopic (exact) mass is 623 g/mol. The molecule has 0 saturated carbocycles. The highest BCUT2D eigenvalue weighted by Gasteiger charge is 2.59. The number of epoxide rings is 1. The van der Waals surface area contributed by atoms with E-state index in [4.69, 9.17) is 18.9 Å². The van der Waals surface area contributed by atoms with Gasteiger partial charge in [0.05, 0.1) is 31.0 Å². The molecule has 3 heterocycles. The lowest BCUT2D eigenvalue weighted by molar-refractivity contribution is -0.148. The van der Waals surface area contributed by atoms with Gasteiger partial charge in [0.2, 0.25) is 6.10 Å². The second-order valence-electron chi connectivity index (χ2n) is 11.3. The zero-order valence-corrected chi connectivity index (χ0v) is 25.2. The van der Waals surface area contributed by atoms with Crippen molar-refractivity contribution in [3.8, 4) is 5.75 Å². The van der Waals surface area contributed by atoms with Gasteiger partial charge < -0.3 is 44.7 Å². The zero-order chi connectivity index (χ0) is 32.8. The average Bonchev–Trinajstić information content (AvgIpc) is 3.92. The summed E-state index contributed by atoms with van der Waals surface area (Å²) in [6.07, 6.45) is -3.74. The number of piperidine rings is 1. The number of nitrogens with one attached hydrogen (secondary N) is 2. The van der Waals surface area contributed by atoms with Gasteiger partial charge in [-0.3, -0.25) is 19.2 Å². The van der Waals surface area contributed by atoms with Crippen molar-refractivity contribution in [1.82, 2.24) is 15.5 Å². The van der Waals surface area contributed by atoms with Crippen LogP contribution in [0.2, 0.25) is 0 Å². The molecule has 14 nitrogen and oxygen atoms in total. The third-order valence-electron chi connectivity index (χ3n) is 7.98. The molecule has 2 aromatic rings. The predicted molar refractivity (Wildman–Crippen MR) is 156 cm³/mol. The van der Waals surface area contributed by atoms with Crippen molar-refractivity contribution in [1.29, 1.82) is 0 Å². The van der Waals surface area contributed by atoms with Crippen LogP contribution in [-0.4, -0.2) is 94.9 Å². The van der Waals surface area contributed by atoms with Gasteiger partial charge in [0.1, 0.15) is 35.1 Å². The predicted octanol–water partition coefficient (Wildman–Crippen LogP) is 0.894. The molecule has 0 aromatic heterocycles. The number of fused-ring (bicyclic) bond motifs is 2. The molecule has 2 amide bonds. The number of esters is 2. The number of benzene rings is 2. The largest absolute Gasteiger partial charge is 0.513 e. The molecule has 3 saturated heterocycles. The number of carbonyl (C=O) groups excluding carboxylic acids is 5. The highest BCUT2D eigenvalue weighted by molar-refractivity contribution is 6.08. The molecule has 0 radical (unpaired) electrons. The Morgan fingerprint density at radius 1 is 1.13 bits per heavy atom. The van der Waals surface area contributed by atoms with Crippen LogP contribution in [0.3, 0.4) is 0 Å². The van der Waals surface area contributed by atoms with E-state index in [2.05, 4.69) is 10.6 Å². The Bertz CT molecular complexity index is 1680. The summed E-state index contributed by atoms with van der Waals surface area (Å²) in [5, 5.41) is 26.2. The first-order valence-corrected chi connectivity index (χ1v) is 14.1. The van der Waals surface area contributed by atoms with Gasteiger partial charge in [-0.15, -0.1) is 0 Å². The van der Waals surface area contributed by atoms with Crippen LogP contribution in [0.15, 0.2) is 53.7 Å². The number of aliphatic hydroxyl groups excluding tert-OH is 2. The van der Waals surface area contributed by atoms with Crippen molar-refractivity contribution in [2.75, 3.05) is 20.3 Å². The molecule has 238 valence electrons. The molecular formula is C31H33N3O11. The van der Waals surface area contributed by atoms with Crippen LogP contribution in [0.25, 0.3) is 10.8 Å². The number of hydrogen-bond acceptors (Lipinski definition) is 12. The second kappa shape index (κ2) is 11.9. The summed E-state index contributed by atoms with van der Waals surface area (Å²) in [4.78, 5) is 66.4. The Kier molecular flexibility index (Phi) is 8.29. The SMILES string of the molecule is COc1cc(C(=O)O[C@H](C(=O)NC(C(=O)NC(=CO)C(C)=O)=C2[C@@H](OC(C)=O)[C@H](O)[C@@H]3CN23)[C@]2(C)CO2)c2cccc(C)c2c1. The number of carbonyl (C=O) groups is 5.